The molecule has 0 saturated carbocycles. The monoisotopic (exact) mass is 1090 g/mol. The first kappa shape index (κ1) is 48.2. The lowest BCUT2D eigenvalue weighted by atomic mass is 9.83. The largest absolute Gasteiger partial charge is 0.456 e. The Balaban J connectivity index is 0.703. The first-order valence-electron chi connectivity index (χ1n) is 29.6. The van der Waals surface area contributed by atoms with Crippen LogP contribution in [-0.2, 0) is 0 Å². The Morgan fingerprint density at radius 2 is 0.523 bits per heavy atom. The zero-order valence-electron chi connectivity index (χ0n) is 46.7. The molecule has 398 valence electrons. The van der Waals surface area contributed by atoms with E-state index in [4.69, 9.17) is 8.83 Å². The summed E-state index contributed by atoms with van der Waals surface area (Å²) in [7, 11) is 0. The van der Waals surface area contributed by atoms with Gasteiger partial charge in [-0.05, 0) is 203 Å². The summed E-state index contributed by atoms with van der Waals surface area (Å²) in [6.45, 7) is 0. The van der Waals surface area contributed by atoms with Crippen molar-refractivity contribution in [3.8, 4) is 77.9 Å². The van der Waals surface area contributed by atoms with Crippen LogP contribution in [0.15, 0.2) is 312 Å². The highest BCUT2D eigenvalue weighted by atomic mass is 16.3. The van der Waals surface area contributed by atoms with Crippen molar-refractivity contribution >= 4 is 109 Å². The van der Waals surface area contributed by atoms with E-state index in [0.717, 1.165) is 60.6 Å². The molecular formula is C84H50O2. The molecule has 0 atom stereocenters. The summed E-state index contributed by atoms with van der Waals surface area (Å²) in [5, 5.41) is 19.1. The Labute approximate surface area is 495 Å². The number of fused-ring (bicyclic) bond motifs is 12. The molecule has 0 N–H and O–H groups in total. The summed E-state index contributed by atoms with van der Waals surface area (Å²) < 4.78 is 13.0. The molecule has 0 fully saturated rings. The van der Waals surface area contributed by atoms with E-state index in [1.165, 1.54) is 126 Å². The first-order valence-corrected chi connectivity index (χ1v) is 29.6. The standard InChI is InChI=1S/C84H50O2/c1-2-21-61-52(17-1)18-16-33-62(61)63-22-3-4-24-66(63)84-73-31-11-9-29-71(73)83(72-30-10-12-32-74(72)84)59-41-44-79-76(49-59)65-42-39-56(50-80(65)86-79)55-38-36-51-35-37-54(46-60(51)47-55)53-19-15-20-57(45-53)81-67-25-5-7-27-69(67)82(70-28-8-6-26-68(70)81)58-40-43-78-75(48-58)64-23-13-14-34-77(64)85-78/h1-50H. The molecule has 0 aliphatic heterocycles. The second kappa shape index (κ2) is 19.1. The first-order chi connectivity index (χ1) is 42.6. The maximum atomic E-state index is 6.76. The predicted octanol–water partition coefficient (Wildman–Crippen LogP) is 24.1. The fourth-order valence-corrected chi connectivity index (χ4v) is 14.3. The maximum absolute atomic E-state index is 6.76. The molecule has 86 heavy (non-hydrogen) atoms. The average molecular weight is 1090 g/mol. The predicted molar refractivity (Wildman–Crippen MR) is 364 cm³/mol. The van der Waals surface area contributed by atoms with Crippen LogP contribution in [0.3, 0.4) is 0 Å². The van der Waals surface area contributed by atoms with E-state index in [-0.39, 0.29) is 0 Å². The van der Waals surface area contributed by atoms with Crippen LogP contribution in [-0.4, -0.2) is 0 Å². The highest BCUT2D eigenvalue weighted by Crippen LogP contribution is 2.49. The van der Waals surface area contributed by atoms with Crippen molar-refractivity contribution in [3.05, 3.63) is 303 Å². The molecule has 0 aliphatic rings. The zero-order chi connectivity index (χ0) is 56.4. The Bertz CT molecular complexity index is 5730. The molecule has 18 aromatic rings. The van der Waals surface area contributed by atoms with Crippen LogP contribution >= 0.6 is 0 Å². The Morgan fingerprint density at radius 1 is 0.151 bits per heavy atom. The van der Waals surface area contributed by atoms with Gasteiger partial charge in [0.15, 0.2) is 0 Å². The van der Waals surface area contributed by atoms with E-state index >= 15 is 0 Å². The second-order valence-electron chi connectivity index (χ2n) is 22.9. The van der Waals surface area contributed by atoms with Gasteiger partial charge in [-0.15, -0.1) is 0 Å². The number of benzene rings is 16. The fraction of sp³-hybridized carbons (Fsp3) is 0. The molecule has 2 nitrogen and oxygen atoms in total. The SMILES string of the molecule is c1cc(-c2ccc3ccc(-c4ccc5c(c4)oc4ccc(-c6c7ccccc7c(-c7ccccc7-c7cccc8ccccc78)c7ccccc67)cc45)cc3c2)cc(-c2c3ccccc3c(-c3ccc4oc5ccccc5c4c3)c3ccccc23)c1. The molecule has 18 rings (SSSR count). The molecule has 0 amide bonds. The van der Waals surface area contributed by atoms with E-state index in [9.17, 15) is 0 Å². The van der Waals surface area contributed by atoms with Gasteiger partial charge in [0.1, 0.15) is 22.3 Å². The summed E-state index contributed by atoms with van der Waals surface area (Å²) >= 11 is 0. The smallest absolute Gasteiger partial charge is 0.136 e. The number of hydrogen-bond donors (Lipinski definition) is 0. The summed E-state index contributed by atoms with van der Waals surface area (Å²) in [5.74, 6) is 0. The lowest BCUT2D eigenvalue weighted by molar-refractivity contribution is 0.668. The fourth-order valence-electron chi connectivity index (χ4n) is 14.3. The minimum Gasteiger partial charge on any atom is -0.456 e. The van der Waals surface area contributed by atoms with Crippen LogP contribution in [0.2, 0.25) is 0 Å². The van der Waals surface area contributed by atoms with E-state index in [1.54, 1.807) is 0 Å². The van der Waals surface area contributed by atoms with E-state index in [2.05, 4.69) is 291 Å². The van der Waals surface area contributed by atoms with Gasteiger partial charge in [-0.25, -0.2) is 0 Å². The van der Waals surface area contributed by atoms with Gasteiger partial charge >= 0.3 is 0 Å². The zero-order valence-corrected chi connectivity index (χ0v) is 46.7. The Hall–Kier alpha value is -11.3. The molecule has 0 saturated heterocycles. The topological polar surface area (TPSA) is 26.3 Å². The molecule has 2 heteroatoms. The van der Waals surface area contributed by atoms with Gasteiger partial charge in [0.05, 0.1) is 0 Å². The van der Waals surface area contributed by atoms with E-state index in [0.29, 0.717) is 0 Å². The number of rotatable bonds is 7. The molecule has 0 bridgehead atoms. The van der Waals surface area contributed by atoms with Crippen LogP contribution in [0.25, 0.3) is 186 Å². The van der Waals surface area contributed by atoms with Gasteiger partial charge in [-0.1, -0.05) is 243 Å². The van der Waals surface area contributed by atoms with E-state index in [1.807, 2.05) is 12.1 Å². The van der Waals surface area contributed by atoms with Crippen LogP contribution in [0.1, 0.15) is 0 Å². The van der Waals surface area contributed by atoms with Crippen LogP contribution < -0.4 is 0 Å². The highest BCUT2D eigenvalue weighted by molar-refractivity contribution is 6.25. The van der Waals surface area contributed by atoms with Gasteiger partial charge in [-0.2, -0.15) is 0 Å². The van der Waals surface area contributed by atoms with E-state index < -0.39 is 0 Å². The van der Waals surface area contributed by atoms with Gasteiger partial charge in [0.25, 0.3) is 0 Å². The van der Waals surface area contributed by atoms with Crippen LogP contribution in [0, 0.1) is 0 Å². The van der Waals surface area contributed by atoms with Crippen molar-refractivity contribution in [3.63, 3.8) is 0 Å². The van der Waals surface area contributed by atoms with Crippen molar-refractivity contribution in [2.45, 2.75) is 0 Å². The minimum atomic E-state index is 0.871. The lowest BCUT2D eigenvalue weighted by Crippen LogP contribution is -1.93. The molecule has 0 aliphatic carbocycles. The molecule has 0 radical (unpaired) electrons. The normalized spacial score (nSPS) is 12.0. The summed E-state index contributed by atoms with van der Waals surface area (Å²) in [4.78, 5) is 0. The minimum absolute atomic E-state index is 0.871. The van der Waals surface area contributed by atoms with Crippen molar-refractivity contribution in [1.29, 1.82) is 0 Å². The number of hydrogen-bond acceptors (Lipinski definition) is 2. The summed E-state index contributed by atoms with van der Waals surface area (Å²) in [6, 6.07) is 111. The molecule has 0 spiro atoms. The third kappa shape index (κ3) is 7.53. The van der Waals surface area contributed by atoms with Crippen molar-refractivity contribution in [2.24, 2.45) is 0 Å². The molecule has 16 aromatic carbocycles. The lowest BCUT2D eigenvalue weighted by Gasteiger charge is -2.20. The van der Waals surface area contributed by atoms with Gasteiger partial charge < -0.3 is 8.83 Å². The quantitative estimate of drug-likeness (QED) is 0.149. The Morgan fingerprint density at radius 3 is 1.12 bits per heavy atom. The highest BCUT2D eigenvalue weighted by Gasteiger charge is 2.22. The molecular weight excluding hydrogens is 1040 g/mol. The Kier molecular flexibility index (Phi) is 10.7. The number of para-hydroxylation sites is 1. The molecule has 2 aromatic heterocycles. The summed E-state index contributed by atoms with van der Waals surface area (Å²) in [6.07, 6.45) is 0. The average Bonchev–Trinajstić information content (AvgIpc) is 1.32. The van der Waals surface area contributed by atoms with Crippen molar-refractivity contribution in [2.75, 3.05) is 0 Å². The third-order valence-corrected chi connectivity index (χ3v) is 18.2. The second-order valence-corrected chi connectivity index (χ2v) is 22.9. The molecule has 2 heterocycles. The number of furan rings is 2. The van der Waals surface area contributed by atoms with Crippen molar-refractivity contribution < 1.29 is 8.83 Å². The van der Waals surface area contributed by atoms with Crippen LogP contribution in [0.5, 0.6) is 0 Å². The summed E-state index contributed by atoms with van der Waals surface area (Å²) in [5.41, 5.74) is 20.3. The van der Waals surface area contributed by atoms with Crippen molar-refractivity contribution in [1.82, 2.24) is 0 Å². The van der Waals surface area contributed by atoms with Gasteiger partial charge in [0, 0.05) is 21.5 Å². The van der Waals surface area contributed by atoms with Gasteiger partial charge in [-0.3, -0.25) is 0 Å². The maximum Gasteiger partial charge on any atom is 0.136 e. The van der Waals surface area contributed by atoms with Crippen LogP contribution in [0.4, 0.5) is 0 Å². The third-order valence-electron chi connectivity index (χ3n) is 18.2. The molecule has 0 unspecified atom stereocenters. The van der Waals surface area contributed by atoms with Gasteiger partial charge in [0.2, 0.25) is 0 Å².